The van der Waals surface area contributed by atoms with Crippen molar-refractivity contribution in [2.75, 3.05) is 11.9 Å². The number of carbonyl (C=O) groups excluding carboxylic acids is 1. The zero-order valence-electron chi connectivity index (χ0n) is 15.7. The summed E-state index contributed by atoms with van der Waals surface area (Å²) in [5.41, 5.74) is 1.64. The first-order valence-electron chi connectivity index (χ1n) is 8.83. The SMILES string of the molecule is CC(C)(C)c1ccc(S(=O)(=O)NCCC2Oc3ccccc3NC2=O)cc1. The van der Waals surface area contributed by atoms with Crippen molar-refractivity contribution in [2.24, 2.45) is 0 Å². The van der Waals surface area contributed by atoms with Crippen LogP contribution in [0, 0.1) is 0 Å². The summed E-state index contributed by atoms with van der Waals surface area (Å²) >= 11 is 0. The highest BCUT2D eigenvalue weighted by atomic mass is 32.2. The fourth-order valence-corrected chi connectivity index (χ4v) is 3.87. The number of para-hydroxylation sites is 2. The monoisotopic (exact) mass is 388 g/mol. The van der Waals surface area contributed by atoms with E-state index in [-0.39, 0.29) is 29.2 Å². The smallest absolute Gasteiger partial charge is 0.265 e. The molecule has 0 bridgehead atoms. The van der Waals surface area contributed by atoms with E-state index >= 15 is 0 Å². The van der Waals surface area contributed by atoms with Crippen LogP contribution in [0.5, 0.6) is 5.75 Å². The number of hydrogen-bond acceptors (Lipinski definition) is 4. The van der Waals surface area contributed by atoms with Crippen LogP contribution in [0.3, 0.4) is 0 Å². The molecule has 1 aliphatic heterocycles. The van der Waals surface area contributed by atoms with E-state index in [0.29, 0.717) is 11.4 Å². The molecular weight excluding hydrogens is 364 g/mol. The van der Waals surface area contributed by atoms with E-state index in [4.69, 9.17) is 4.74 Å². The molecule has 1 atom stereocenters. The van der Waals surface area contributed by atoms with Crippen LogP contribution in [-0.2, 0) is 20.2 Å². The van der Waals surface area contributed by atoms with Crippen LogP contribution in [0.1, 0.15) is 32.8 Å². The van der Waals surface area contributed by atoms with Crippen molar-refractivity contribution >= 4 is 21.6 Å². The predicted molar refractivity (Wildman–Crippen MR) is 104 cm³/mol. The van der Waals surface area contributed by atoms with Gasteiger partial charge in [-0.2, -0.15) is 0 Å². The second kappa shape index (κ2) is 7.32. The fourth-order valence-electron chi connectivity index (χ4n) is 2.82. The molecule has 1 aliphatic rings. The van der Waals surface area contributed by atoms with Gasteiger partial charge in [0.15, 0.2) is 6.10 Å². The maximum atomic E-state index is 12.5. The van der Waals surface area contributed by atoms with E-state index in [0.717, 1.165) is 5.56 Å². The lowest BCUT2D eigenvalue weighted by Crippen LogP contribution is -2.39. The van der Waals surface area contributed by atoms with E-state index in [1.807, 2.05) is 24.3 Å². The lowest BCUT2D eigenvalue weighted by Gasteiger charge is -2.25. The molecule has 0 aromatic heterocycles. The largest absolute Gasteiger partial charge is 0.478 e. The maximum absolute atomic E-state index is 12.5. The van der Waals surface area contributed by atoms with Crippen LogP contribution in [0.25, 0.3) is 0 Å². The van der Waals surface area contributed by atoms with Gasteiger partial charge in [-0.3, -0.25) is 4.79 Å². The third-order valence-electron chi connectivity index (χ3n) is 4.44. The van der Waals surface area contributed by atoms with E-state index in [9.17, 15) is 13.2 Å². The molecule has 2 aromatic rings. The molecule has 3 rings (SSSR count). The molecule has 7 heteroatoms. The van der Waals surface area contributed by atoms with Crippen molar-refractivity contribution in [1.82, 2.24) is 4.72 Å². The number of benzene rings is 2. The number of nitrogens with one attached hydrogen (secondary N) is 2. The van der Waals surface area contributed by atoms with Gasteiger partial charge >= 0.3 is 0 Å². The number of carbonyl (C=O) groups is 1. The first kappa shape index (κ1) is 19.4. The highest BCUT2D eigenvalue weighted by Crippen LogP contribution is 2.29. The second-order valence-electron chi connectivity index (χ2n) is 7.55. The summed E-state index contributed by atoms with van der Waals surface area (Å²) in [6.45, 7) is 6.32. The van der Waals surface area contributed by atoms with Crippen molar-refractivity contribution < 1.29 is 17.9 Å². The molecule has 1 heterocycles. The molecule has 0 spiro atoms. The number of fused-ring (bicyclic) bond motifs is 1. The van der Waals surface area contributed by atoms with Gasteiger partial charge in [-0.15, -0.1) is 0 Å². The lowest BCUT2D eigenvalue weighted by molar-refractivity contribution is -0.123. The van der Waals surface area contributed by atoms with E-state index in [2.05, 4.69) is 30.8 Å². The van der Waals surface area contributed by atoms with Gasteiger partial charge in [0, 0.05) is 13.0 Å². The number of sulfonamides is 1. The molecule has 6 nitrogen and oxygen atoms in total. The summed E-state index contributed by atoms with van der Waals surface area (Å²) < 4.78 is 33.1. The van der Waals surface area contributed by atoms with Crippen molar-refractivity contribution in [3.05, 3.63) is 54.1 Å². The topological polar surface area (TPSA) is 84.5 Å². The number of rotatable bonds is 5. The summed E-state index contributed by atoms with van der Waals surface area (Å²) in [6.07, 6.45) is -0.495. The van der Waals surface area contributed by atoms with Crippen LogP contribution in [0.2, 0.25) is 0 Å². The van der Waals surface area contributed by atoms with Gasteiger partial charge in [0.1, 0.15) is 5.75 Å². The van der Waals surface area contributed by atoms with Crippen molar-refractivity contribution in [3.8, 4) is 5.75 Å². The van der Waals surface area contributed by atoms with Gasteiger partial charge in [-0.1, -0.05) is 45.0 Å². The van der Waals surface area contributed by atoms with Crippen molar-refractivity contribution in [3.63, 3.8) is 0 Å². The summed E-state index contributed by atoms with van der Waals surface area (Å²) in [5, 5.41) is 2.77. The number of ether oxygens (including phenoxy) is 1. The predicted octanol–water partition coefficient (Wildman–Crippen LogP) is 3.05. The minimum Gasteiger partial charge on any atom is -0.478 e. The Hall–Kier alpha value is -2.38. The van der Waals surface area contributed by atoms with Crippen LogP contribution in [0.15, 0.2) is 53.4 Å². The molecule has 0 fully saturated rings. The molecular formula is C20H24N2O4S. The van der Waals surface area contributed by atoms with E-state index < -0.39 is 16.1 Å². The van der Waals surface area contributed by atoms with Crippen LogP contribution in [0.4, 0.5) is 5.69 Å². The molecule has 0 saturated heterocycles. The second-order valence-corrected chi connectivity index (χ2v) is 9.32. The van der Waals surface area contributed by atoms with Crippen molar-refractivity contribution in [1.29, 1.82) is 0 Å². The Labute approximate surface area is 160 Å². The molecule has 144 valence electrons. The third-order valence-corrected chi connectivity index (χ3v) is 5.91. The standard InChI is InChI=1S/C20H24N2O4S/c1-20(2,3)14-8-10-15(11-9-14)27(24,25)21-13-12-18-19(23)22-16-6-4-5-7-17(16)26-18/h4-11,18,21H,12-13H2,1-3H3,(H,22,23). The fraction of sp³-hybridized carbons (Fsp3) is 0.350. The summed E-state index contributed by atoms with van der Waals surface area (Å²) in [4.78, 5) is 12.3. The summed E-state index contributed by atoms with van der Waals surface area (Å²) in [7, 11) is -3.64. The quantitative estimate of drug-likeness (QED) is 0.824. The third kappa shape index (κ3) is 4.48. The average molecular weight is 388 g/mol. The number of anilines is 1. The van der Waals surface area contributed by atoms with E-state index in [1.54, 1.807) is 24.3 Å². The minimum atomic E-state index is -3.64. The lowest BCUT2D eigenvalue weighted by atomic mass is 9.87. The van der Waals surface area contributed by atoms with Crippen LogP contribution in [-0.4, -0.2) is 27.0 Å². The van der Waals surface area contributed by atoms with Crippen LogP contribution < -0.4 is 14.8 Å². The number of hydrogen-bond donors (Lipinski definition) is 2. The first-order chi connectivity index (χ1) is 12.7. The molecule has 2 N–H and O–H groups in total. The summed E-state index contributed by atoms with van der Waals surface area (Å²) in [5.74, 6) is 0.310. The molecule has 1 amide bonds. The molecule has 2 aromatic carbocycles. The molecule has 27 heavy (non-hydrogen) atoms. The van der Waals surface area contributed by atoms with Gasteiger partial charge in [-0.25, -0.2) is 13.1 Å². The first-order valence-corrected chi connectivity index (χ1v) is 10.3. The van der Waals surface area contributed by atoms with Gasteiger partial charge < -0.3 is 10.1 Å². The Balaban J connectivity index is 1.60. The molecule has 0 aliphatic carbocycles. The minimum absolute atomic E-state index is 0.0440. The Morgan fingerprint density at radius 3 is 2.41 bits per heavy atom. The van der Waals surface area contributed by atoms with Crippen LogP contribution >= 0.6 is 0 Å². The molecule has 0 saturated carbocycles. The molecule has 0 radical (unpaired) electrons. The molecule has 1 unspecified atom stereocenters. The highest BCUT2D eigenvalue weighted by Gasteiger charge is 2.27. The maximum Gasteiger partial charge on any atom is 0.265 e. The van der Waals surface area contributed by atoms with Gasteiger partial charge in [0.2, 0.25) is 10.0 Å². The van der Waals surface area contributed by atoms with E-state index in [1.165, 1.54) is 0 Å². The van der Waals surface area contributed by atoms with Gasteiger partial charge in [0.25, 0.3) is 5.91 Å². The summed E-state index contributed by atoms with van der Waals surface area (Å²) in [6, 6.07) is 14.0. The van der Waals surface area contributed by atoms with Crippen molar-refractivity contribution in [2.45, 2.75) is 43.6 Å². The highest BCUT2D eigenvalue weighted by molar-refractivity contribution is 7.89. The van der Waals surface area contributed by atoms with Gasteiger partial charge in [-0.05, 0) is 35.2 Å². The average Bonchev–Trinajstić information content (AvgIpc) is 2.61. The van der Waals surface area contributed by atoms with Gasteiger partial charge in [0.05, 0.1) is 10.6 Å². The zero-order valence-corrected chi connectivity index (χ0v) is 16.5. The zero-order chi connectivity index (χ0) is 19.7. The Morgan fingerprint density at radius 1 is 1.07 bits per heavy atom. The number of amides is 1. The normalized spacial score (nSPS) is 17.0. The Morgan fingerprint density at radius 2 is 1.74 bits per heavy atom. The Bertz CT molecular complexity index is 931. The Kier molecular flexibility index (Phi) is 5.26.